The second kappa shape index (κ2) is 8.04. The van der Waals surface area contributed by atoms with Gasteiger partial charge in [-0.1, -0.05) is 0 Å². The van der Waals surface area contributed by atoms with E-state index in [0.29, 0.717) is 11.3 Å². The van der Waals surface area contributed by atoms with Crippen LogP contribution in [0.1, 0.15) is 5.56 Å². The zero-order chi connectivity index (χ0) is 20.2. The Kier molecular flexibility index (Phi) is 6.01. The number of benzene rings is 2. The number of carbonyl (C=O) groups excluding carboxylic acids is 1. The number of aryl methyl sites for hydroxylation is 1. The molecule has 2 aromatic rings. The number of likely N-dealkylation sites (N-methyl/N-ethyl adjacent to an activating group) is 1. The van der Waals surface area contributed by atoms with Crippen LogP contribution in [0.25, 0.3) is 0 Å². The van der Waals surface area contributed by atoms with Crippen LogP contribution in [-0.4, -0.2) is 44.9 Å². The Morgan fingerprint density at radius 3 is 2.33 bits per heavy atom. The van der Waals surface area contributed by atoms with Gasteiger partial charge in [-0.05, 0) is 42.8 Å². The number of carbonyl (C=O) groups is 1. The molecule has 0 heterocycles. The number of sulfonamides is 1. The number of nitrogens with zero attached hydrogens (tertiary/aromatic N) is 2. The fourth-order valence-electron chi connectivity index (χ4n) is 2.07. The molecule has 1 N–H and O–H groups in total. The van der Waals surface area contributed by atoms with Crippen molar-refractivity contribution in [3.63, 3.8) is 0 Å². The van der Waals surface area contributed by atoms with Gasteiger partial charge in [-0.25, -0.2) is 8.42 Å². The Morgan fingerprint density at radius 1 is 1.19 bits per heavy atom. The molecule has 27 heavy (non-hydrogen) atoms. The average Bonchev–Trinajstić information content (AvgIpc) is 2.61. The fraction of sp³-hybridized carbons (Fsp3) is 0.235. The molecule has 0 saturated carbocycles. The van der Waals surface area contributed by atoms with Gasteiger partial charge in [-0.3, -0.25) is 19.6 Å². The molecular weight excluding hydrogens is 374 g/mol. The Hall–Kier alpha value is -3.14. The normalized spacial score (nSPS) is 10.9. The van der Waals surface area contributed by atoms with Gasteiger partial charge in [0.05, 0.1) is 15.5 Å². The van der Waals surface area contributed by atoms with Crippen LogP contribution in [0, 0.1) is 17.0 Å². The first-order chi connectivity index (χ1) is 12.6. The van der Waals surface area contributed by atoms with Gasteiger partial charge in [-0.15, -0.1) is 0 Å². The van der Waals surface area contributed by atoms with E-state index in [1.54, 1.807) is 21.0 Å². The lowest BCUT2D eigenvalue weighted by Crippen LogP contribution is -2.27. The van der Waals surface area contributed by atoms with Crippen LogP contribution < -0.4 is 9.46 Å². The second-order valence-electron chi connectivity index (χ2n) is 5.91. The minimum atomic E-state index is -3.88. The number of nitrogens with one attached hydrogen (secondary N) is 1. The van der Waals surface area contributed by atoms with Crippen molar-refractivity contribution in [2.75, 3.05) is 25.4 Å². The Labute approximate surface area is 156 Å². The van der Waals surface area contributed by atoms with Crippen molar-refractivity contribution in [2.45, 2.75) is 11.8 Å². The first-order valence-corrected chi connectivity index (χ1v) is 9.29. The Balaban J connectivity index is 2.13. The number of anilines is 1. The molecule has 2 aromatic carbocycles. The molecule has 0 aliphatic carbocycles. The first-order valence-electron chi connectivity index (χ1n) is 7.81. The number of non-ortho nitro benzene ring substituents is 1. The quantitative estimate of drug-likeness (QED) is 0.569. The predicted molar refractivity (Wildman–Crippen MR) is 99.3 cm³/mol. The van der Waals surface area contributed by atoms with E-state index in [4.69, 9.17) is 4.74 Å². The molecule has 0 fully saturated rings. The van der Waals surface area contributed by atoms with Crippen molar-refractivity contribution in [2.24, 2.45) is 0 Å². The smallest absolute Gasteiger partial charge is 0.269 e. The summed E-state index contributed by atoms with van der Waals surface area (Å²) in [4.78, 5) is 23.1. The van der Waals surface area contributed by atoms with Crippen molar-refractivity contribution in [1.82, 2.24) is 4.90 Å². The van der Waals surface area contributed by atoms with Crippen LogP contribution in [0.2, 0.25) is 0 Å². The summed E-state index contributed by atoms with van der Waals surface area (Å²) in [6.45, 7) is 1.42. The molecule has 0 saturated heterocycles. The molecule has 0 aromatic heterocycles. The number of amides is 1. The Morgan fingerprint density at radius 2 is 1.81 bits per heavy atom. The first kappa shape index (κ1) is 20.2. The molecule has 0 atom stereocenters. The van der Waals surface area contributed by atoms with Crippen molar-refractivity contribution >= 4 is 27.3 Å². The van der Waals surface area contributed by atoms with Crippen LogP contribution in [0.3, 0.4) is 0 Å². The highest BCUT2D eigenvalue weighted by molar-refractivity contribution is 7.92. The van der Waals surface area contributed by atoms with E-state index >= 15 is 0 Å². The van der Waals surface area contributed by atoms with E-state index in [-0.39, 0.29) is 28.8 Å². The third-order valence-electron chi connectivity index (χ3n) is 3.66. The third kappa shape index (κ3) is 5.17. The lowest BCUT2D eigenvalue weighted by atomic mass is 10.2. The molecule has 2 rings (SSSR count). The largest absolute Gasteiger partial charge is 0.484 e. The molecule has 1 amide bonds. The van der Waals surface area contributed by atoms with E-state index in [9.17, 15) is 23.3 Å². The van der Waals surface area contributed by atoms with Gasteiger partial charge < -0.3 is 9.64 Å². The summed E-state index contributed by atoms with van der Waals surface area (Å²) in [6.07, 6.45) is 0. The average molecular weight is 393 g/mol. The van der Waals surface area contributed by atoms with Crippen LogP contribution >= 0.6 is 0 Å². The van der Waals surface area contributed by atoms with E-state index < -0.39 is 14.9 Å². The summed E-state index contributed by atoms with van der Waals surface area (Å²) in [5, 5.41) is 10.8. The minimum Gasteiger partial charge on any atom is -0.484 e. The zero-order valence-electron chi connectivity index (χ0n) is 15.0. The second-order valence-corrected chi connectivity index (χ2v) is 7.59. The van der Waals surface area contributed by atoms with Crippen LogP contribution in [0.5, 0.6) is 5.75 Å². The van der Waals surface area contributed by atoms with Gasteiger partial charge in [0.1, 0.15) is 5.75 Å². The predicted octanol–water partition coefficient (Wildman–Crippen LogP) is 2.17. The molecule has 0 spiro atoms. The molecule has 0 aliphatic heterocycles. The summed E-state index contributed by atoms with van der Waals surface area (Å²) in [5.41, 5.74) is 0.552. The molecular formula is C17H19N3O6S. The Bertz CT molecular complexity index is 955. The molecule has 9 nitrogen and oxygen atoms in total. The summed E-state index contributed by atoms with van der Waals surface area (Å²) >= 11 is 0. The van der Waals surface area contributed by atoms with Crippen LogP contribution in [0.15, 0.2) is 47.4 Å². The van der Waals surface area contributed by atoms with Gasteiger partial charge in [0.25, 0.3) is 21.6 Å². The van der Waals surface area contributed by atoms with E-state index in [2.05, 4.69) is 4.72 Å². The topological polar surface area (TPSA) is 119 Å². The number of hydrogen-bond donors (Lipinski definition) is 1. The van der Waals surface area contributed by atoms with Crippen molar-refractivity contribution in [1.29, 1.82) is 0 Å². The highest BCUT2D eigenvalue weighted by Crippen LogP contribution is 2.24. The molecule has 0 bridgehead atoms. The monoisotopic (exact) mass is 393 g/mol. The molecule has 0 aliphatic rings. The lowest BCUT2D eigenvalue weighted by Gasteiger charge is -2.12. The van der Waals surface area contributed by atoms with E-state index in [1.165, 1.54) is 47.4 Å². The minimum absolute atomic E-state index is 0.00783. The number of nitro benzene ring substituents is 1. The summed E-state index contributed by atoms with van der Waals surface area (Å²) in [5.74, 6) is 0.137. The SMILES string of the molecule is Cc1cc([N+](=O)[O-])ccc1NS(=O)(=O)c1ccc(OCC(=O)N(C)C)cc1. The van der Waals surface area contributed by atoms with Crippen molar-refractivity contribution in [3.05, 3.63) is 58.1 Å². The highest BCUT2D eigenvalue weighted by Gasteiger charge is 2.17. The van der Waals surface area contributed by atoms with Gasteiger partial charge >= 0.3 is 0 Å². The van der Waals surface area contributed by atoms with Crippen molar-refractivity contribution in [3.8, 4) is 5.75 Å². The van der Waals surface area contributed by atoms with Gasteiger partial charge in [0.2, 0.25) is 0 Å². The van der Waals surface area contributed by atoms with Gasteiger partial charge in [0.15, 0.2) is 6.61 Å². The lowest BCUT2D eigenvalue weighted by molar-refractivity contribution is -0.384. The number of ether oxygens (including phenoxy) is 1. The maximum Gasteiger partial charge on any atom is 0.269 e. The maximum absolute atomic E-state index is 12.5. The summed E-state index contributed by atoms with van der Waals surface area (Å²) < 4.78 is 32.7. The third-order valence-corrected chi connectivity index (χ3v) is 5.04. The number of hydrogen-bond acceptors (Lipinski definition) is 6. The molecule has 0 unspecified atom stereocenters. The number of rotatable bonds is 7. The molecule has 144 valence electrons. The highest BCUT2D eigenvalue weighted by atomic mass is 32.2. The molecule has 0 radical (unpaired) electrons. The fourth-order valence-corrected chi connectivity index (χ4v) is 3.20. The van der Waals surface area contributed by atoms with E-state index in [1.807, 2.05) is 0 Å². The zero-order valence-corrected chi connectivity index (χ0v) is 15.8. The van der Waals surface area contributed by atoms with Gasteiger partial charge in [-0.2, -0.15) is 0 Å². The molecule has 10 heteroatoms. The van der Waals surface area contributed by atoms with Gasteiger partial charge in [0, 0.05) is 26.2 Å². The number of nitro groups is 1. The van der Waals surface area contributed by atoms with Crippen LogP contribution in [-0.2, 0) is 14.8 Å². The van der Waals surface area contributed by atoms with Crippen LogP contribution in [0.4, 0.5) is 11.4 Å². The standard InChI is InChI=1S/C17H19N3O6S/c1-12-10-13(20(22)23)4-9-16(12)18-27(24,25)15-7-5-14(6-8-15)26-11-17(21)19(2)3/h4-10,18H,11H2,1-3H3. The van der Waals surface area contributed by atoms with E-state index in [0.717, 1.165) is 0 Å². The summed E-state index contributed by atoms with van der Waals surface area (Å²) in [7, 11) is -0.672. The van der Waals surface area contributed by atoms with Crippen molar-refractivity contribution < 1.29 is 22.9 Å². The summed E-state index contributed by atoms with van der Waals surface area (Å²) in [6, 6.07) is 9.44. The maximum atomic E-state index is 12.5.